The molecule has 2 saturated heterocycles. The van der Waals surface area contributed by atoms with E-state index in [-0.39, 0.29) is 17.7 Å². The van der Waals surface area contributed by atoms with Crippen LogP contribution >= 0.6 is 11.5 Å². The predicted octanol–water partition coefficient (Wildman–Crippen LogP) is 5.10. The van der Waals surface area contributed by atoms with Crippen molar-refractivity contribution in [2.45, 2.75) is 52.9 Å². The van der Waals surface area contributed by atoms with E-state index in [1.54, 1.807) is 6.20 Å². The third-order valence-electron chi connectivity index (χ3n) is 7.19. The number of fused-ring (bicyclic) bond motifs is 1. The van der Waals surface area contributed by atoms with Crippen LogP contribution in [0.3, 0.4) is 0 Å². The molecule has 1 N–H and O–H groups in total. The van der Waals surface area contributed by atoms with E-state index in [1.807, 2.05) is 37.8 Å². The van der Waals surface area contributed by atoms with Gasteiger partial charge in [0.05, 0.1) is 22.3 Å². The van der Waals surface area contributed by atoms with Crippen LogP contribution in [0.15, 0.2) is 24.4 Å². The lowest BCUT2D eigenvalue weighted by molar-refractivity contribution is -0.120. The summed E-state index contributed by atoms with van der Waals surface area (Å²) in [4.78, 5) is 36.3. The molecule has 2 aromatic heterocycles. The Balaban J connectivity index is 1.36. The number of amides is 2. The van der Waals surface area contributed by atoms with Crippen molar-refractivity contribution in [3.8, 4) is 0 Å². The zero-order valence-corrected chi connectivity index (χ0v) is 21.6. The Hall–Kier alpha value is -3.00. The third kappa shape index (κ3) is 4.89. The summed E-state index contributed by atoms with van der Waals surface area (Å²) in [7, 11) is 0. The average molecular weight is 492 g/mol. The highest BCUT2D eigenvalue weighted by Crippen LogP contribution is 2.37. The molecule has 0 aliphatic carbocycles. The first-order valence-electron chi connectivity index (χ1n) is 12.6. The van der Waals surface area contributed by atoms with Gasteiger partial charge < -0.3 is 15.1 Å². The van der Waals surface area contributed by atoms with E-state index in [2.05, 4.69) is 25.6 Å². The molecule has 5 rings (SSSR count). The van der Waals surface area contributed by atoms with Gasteiger partial charge in [0.15, 0.2) is 0 Å². The molecule has 0 spiro atoms. The second-order valence-electron chi connectivity index (χ2n) is 9.95. The van der Waals surface area contributed by atoms with Gasteiger partial charge in [0, 0.05) is 44.0 Å². The number of rotatable bonds is 4. The Kier molecular flexibility index (Phi) is 6.73. The highest BCUT2D eigenvalue weighted by molar-refractivity contribution is 7.13. The zero-order chi connectivity index (χ0) is 24.5. The van der Waals surface area contributed by atoms with Crippen LogP contribution in [0.25, 0.3) is 10.2 Å². The molecule has 7 nitrogen and oxygen atoms in total. The van der Waals surface area contributed by atoms with Gasteiger partial charge >= 0.3 is 0 Å². The summed E-state index contributed by atoms with van der Waals surface area (Å²) in [5, 5.41) is 4.10. The minimum Gasteiger partial charge on any atom is -0.370 e. The van der Waals surface area contributed by atoms with Gasteiger partial charge in [-0.3, -0.25) is 9.59 Å². The number of carbonyl (C=O) groups excluding carboxylic acids is 2. The molecule has 0 atom stereocenters. The maximum absolute atomic E-state index is 13.5. The number of hydrogen-bond donors (Lipinski definition) is 1. The van der Waals surface area contributed by atoms with Crippen LogP contribution in [-0.2, 0) is 4.79 Å². The van der Waals surface area contributed by atoms with E-state index in [1.165, 1.54) is 18.0 Å². The third-order valence-corrected chi connectivity index (χ3v) is 8.04. The monoisotopic (exact) mass is 491 g/mol. The summed E-state index contributed by atoms with van der Waals surface area (Å²) in [6.45, 7) is 9.12. The largest absolute Gasteiger partial charge is 0.370 e. The first-order chi connectivity index (χ1) is 16.9. The number of nitrogens with one attached hydrogen (secondary N) is 1. The molecule has 3 aromatic rings. The van der Waals surface area contributed by atoms with Gasteiger partial charge in [0.1, 0.15) is 4.83 Å². The molecule has 2 fully saturated rings. The summed E-state index contributed by atoms with van der Waals surface area (Å²) < 4.78 is 4.53. The van der Waals surface area contributed by atoms with Crippen LogP contribution in [0.5, 0.6) is 0 Å². The molecule has 1 aromatic carbocycles. The molecule has 4 heterocycles. The molecular weight excluding hydrogens is 458 g/mol. The number of nitrogens with zero attached hydrogens (tertiary/aromatic N) is 4. The summed E-state index contributed by atoms with van der Waals surface area (Å²) in [5.74, 6) is 0.0919. The molecule has 2 amide bonds. The number of benzene rings is 1. The van der Waals surface area contributed by atoms with Crippen LogP contribution in [0.4, 0.5) is 11.4 Å². The molecule has 0 saturated carbocycles. The van der Waals surface area contributed by atoms with Crippen LogP contribution < -0.4 is 10.2 Å². The summed E-state index contributed by atoms with van der Waals surface area (Å²) in [5.41, 5.74) is 5.67. The summed E-state index contributed by atoms with van der Waals surface area (Å²) in [6.07, 6.45) is 6.51. The van der Waals surface area contributed by atoms with Crippen molar-refractivity contribution in [1.29, 1.82) is 0 Å². The topological polar surface area (TPSA) is 78.4 Å². The Morgan fingerprint density at radius 3 is 2.34 bits per heavy atom. The highest BCUT2D eigenvalue weighted by Gasteiger charge is 2.31. The second-order valence-corrected chi connectivity index (χ2v) is 10.7. The standard InChI is InChI=1S/C27H33N5O2S/c1-17-13-18(2)15-21(14-17)29-25(33)20-7-11-31(12-8-20)24-22(27(34)32-9-5-4-6-10-32)16-28-26-23(24)19(3)30-35-26/h13-16,20H,4-12H2,1-3H3,(H,29,33). The van der Waals surface area contributed by atoms with Crippen molar-refractivity contribution in [3.63, 3.8) is 0 Å². The fourth-order valence-corrected chi connectivity index (χ4v) is 6.20. The maximum atomic E-state index is 13.5. The second kappa shape index (κ2) is 9.93. The zero-order valence-electron chi connectivity index (χ0n) is 20.8. The van der Waals surface area contributed by atoms with Gasteiger partial charge in [-0.05, 0) is 87.7 Å². The van der Waals surface area contributed by atoms with Crippen LogP contribution in [0.2, 0.25) is 0 Å². The Morgan fingerprint density at radius 2 is 1.66 bits per heavy atom. The van der Waals surface area contributed by atoms with E-state index in [4.69, 9.17) is 0 Å². The summed E-state index contributed by atoms with van der Waals surface area (Å²) in [6, 6.07) is 6.13. The predicted molar refractivity (Wildman–Crippen MR) is 141 cm³/mol. The molecule has 0 radical (unpaired) electrons. The molecule has 2 aliphatic rings. The fourth-order valence-electron chi connectivity index (χ4n) is 5.45. The Morgan fingerprint density at radius 1 is 0.971 bits per heavy atom. The number of anilines is 2. The van der Waals surface area contributed by atoms with Gasteiger partial charge in [-0.2, -0.15) is 4.37 Å². The SMILES string of the molecule is Cc1cc(C)cc(NC(=O)C2CCN(c3c(C(=O)N4CCCCC4)cnc4snc(C)c34)CC2)c1. The van der Waals surface area contributed by atoms with Crippen molar-refractivity contribution in [2.24, 2.45) is 5.92 Å². The van der Waals surface area contributed by atoms with E-state index in [0.717, 1.165) is 90.3 Å². The number of piperidine rings is 2. The number of pyridine rings is 1. The lowest BCUT2D eigenvalue weighted by Gasteiger charge is -2.35. The smallest absolute Gasteiger partial charge is 0.257 e. The molecule has 2 aliphatic heterocycles. The van der Waals surface area contributed by atoms with Gasteiger partial charge in [-0.25, -0.2) is 4.98 Å². The first-order valence-corrected chi connectivity index (χ1v) is 13.4. The molecular formula is C27H33N5O2S. The lowest BCUT2D eigenvalue weighted by Crippen LogP contribution is -2.40. The van der Waals surface area contributed by atoms with Crippen molar-refractivity contribution in [3.05, 3.63) is 46.8 Å². The van der Waals surface area contributed by atoms with E-state index in [9.17, 15) is 9.59 Å². The van der Waals surface area contributed by atoms with Crippen LogP contribution in [-0.4, -0.2) is 52.3 Å². The van der Waals surface area contributed by atoms with Crippen molar-refractivity contribution < 1.29 is 9.59 Å². The Bertz CT molecular complexity index is 1240. The molecule has 35 heavy (non-hydrogen) atoms. The first kappa shape index (κ1) is 23.7. The average Bonchev–Trinajstić information content (AvgIpc) is 3.24. The number of likely N-dealkylation sites (tertiary alicyclic amines) is 1. The Labute approximate surface area is 210 Å². The molecule has 0 bridgehead atoms. The fraction of sp³-hybridized carbons (Fsp3) is 0.481. The lowest BCUT2D eigenvalue weighted by atomic mass is 9.94. The van der Waals surface area contributed by atoms with E-state index in [0.29, 0.717) is 5.56 Å². The number of carbonyl (C=O) groups is 2. The normalized spacial score (nSPS) is 17.1. The molecule has 8 heteroatoms. The quantitative estimate of drug-likeness (QED) is 0.550. The highest BCUT2D eigenvalue weighted by atomic mass is 32.1. The van der Waals surface area contributed by atoms with E-state index < -0.39 is 0 Å². The van der Waals surface area contributed by atoms with Gasteiger partial charge in [-0.15, -0.1) is 0 Å². The number of aromatic nitrogens is 2. The number of aryl methyl sites for hydroxylation is 3. The van der Waals surface area contributed by atoms with Gasteiger partial charge in [0.25, 0.3) is 5.91 Å². The van der Waals surface area contributed by atoms with Gasteiger partial charge in [-0.1, -0.05) is 6.07 Å². The van der Waals surface area contributed by atoms with Crippen LogP contribution in [0.1, 0.15) is 59.3 Å². The molecule has 184 valence electrons. The van der Waals surface area contributed by atoms with Crippen molar-refractivity contribution >= 4 is 44.9 Å². The van der Waals surface area contributed by atoms with Crippen molar-refractivity contribution in [2.75, 3.05) is 36.4 Å². The number of hydrogen-bond acceptors (Lipinski definition) is 6. The summed E-state index contributed by atoms with van der Waals surface area (Å²) >= 11 is 1.38. The molecule has 0 unspecified atom stereocenters. The maximum Gasteiger partial charge on any atom is 0.257 e. The van der Waals surface area contributed by atoms with Crippen molar-refractivity contribution in [1.82, 2.24) is 14.3 Å². The van der Waals surface area contributed by atoms with Gasteiger partial charge in [0.2, 0.25) is 5.91 Å². The minimum atomic E-state index is -0.0488. The van der Waals surface area contributed by atoms with E-state index >= 15 is 0 Å². The van der Waals surface area contributed by atoms with Crippen LogP contribution in [0, 0.1) is 26.7 Å². The minimum absolute atomic E-state index is 0.0488.